The minimum absolute atomic E-state index is 0.0542. The quantitative estimate of drug-likeness (QED) is 0.301. The topological polar surface area (TPSA) is 70.8 Å². The number of ketones is 1. The molecule has 0 fully saturated rings. The standard InChI is InChI=1S/C25H27F2NO5/c1-4-30-21-8-6-5-7-19(21)20(29)11-10-18-15-32-24(28-18)17-9-12-22(33-25(26)27)23(13-17)31-14-16(2)3/h5-9,12-13,15-16,25H,4,10-11,14H2,1-3H3. The van der Waals surface area contributed by atoms with Crippen molar-refractivity contribution in [1.82, 2.24) is 4.98 Å². The predicted molar refractivity (Wildman–Crippen MR) is 119 cm³/mol. The molecule has 0 radical (unpaired) electrons. The number of carbonyl (C=O) groups is 1. The molecule has 0 saturated heterocycles. The van der Waals surface area contributed by atoms with Crippen LogP contribution in [-0.2, 0) is 6.42 Å². The van der Waals surface area contributed by atoms with E-state index in [-0.39, 0.29) is 29.6 Å². The monoisotopic (exact) mass is 459 g/mol. The molecular weight excluding hydrogens is 432 g/mol. The molecule has 0 atom stereocenters. The number of hydrogen-bond acceptors (Lipinski definition) is 6. The van der Waals surface area contributed by atoms with Crippen molar-refractivity contribution in [2.24, 2.45) is 5.92 Å². The first-order valence-electron chi connectivity index (χ1n) is 10.8. The van der Waals surface area contributed by atoms with Crippen LogP contribution in [0.3, 0.4) is 0 Å². The molecule has 176 valence electrons. The number of aryl methyl sites for hydroxylation is 1. The van der Waals surface area contributed by atoms with Crippen molar-refractivity contribution in [2.45, 2.75) is 40.2 Å². The van der Waals surface area contributed by atoms with Crippen LogP contribution in [-0.4, -0.2) is 30.6 Å². The molecule has 0 aliphatic rings. The highest BCUT2D eigenvalue weighted by atomic mass is 19.3. The first-order valence-corrected chi connectivity index (χ1v) is 10.8. The van der Waals surface area contributed by atoms with Crippen molar-refractivity contribution in [3.8, 4) is 28.7 Å². The van der Waals surface area contributed by atoms with E-state index in [4.69, 9.17) is 13.9 Å². The number of Topliss-reactive ketones (excluding diaryl/α,β-unsaturated/α-hetero) is 1. The lowest BCUT2D eigenvalue weighted by molar-refractivity contribution is -0.0515. The van der Waals surface area contributed by atoms with Crippen LogP contribution in [0.15, 0.2) is 53.1 Å². The van der Waals surface area contributed by atoms with Crippen LogP contribution in [0.2, 0.25) is 0 Å². The number of carbonyl (C=O) groups excluding carboxylic acids is 1. The summed E-state index contributed by atoms with van der Waals surface area (Å²) in [4.78, 5) is 17.1. The fourth-order valence-corrected chi connectivity index (χ4v) is 3.11. The van der Waals surface area contributed by atoms with Crippen LogP contribution in [0.4, 0.5) is 8.78 Å². The van der Waals surface area contributed by atoms with Gasteiger partial charge in [-0.25, -0.2) is 4.98 Å². The third-order valence-corrected chi connectivity index (χ3v) is 4.63. The van der Waals surface area contributed by atoms with Crippen molar-refractivity contribution >= 4 is 5.78 Å². The third kappa shape index (κ3) is 6.78. The number of oxazole rings is 1. The van der Waals surface area contributed by atoms with Crippen molar-refractivity contribution < 1.29 is 32.2 Å². The molecule has 0 unspecified atom stereocenters. The molecule has 2 aromatic carbocycles. The molecule has 0 saturated carbocycles. The van der Waals surface area contributed by atoms with E-state index in [2.05, 4.69) is 9.72 Å². The Morgan fingerprint density at radius 3 is 2.58 bits per heavy atom. The highest BCUT2D eigenvalue weighted by Gasteiger charge is 2.17. The van der Waals surface area contributed by atoms with Gasteiger partial charge in [0.05, 0.1) is 24.5 Å². The average Bonchev–Trinajstić information content (AvgIpc) is 3.26. The Morgan fingerprint density at radius 2 is 1.85 bits per heavy atom. The summed E-state index contributed by atoms with van der Waals surface area (Å²) in [6, 6.07) is 11.6. The van der Waals surface area contributed by atoms with Gasteiger partial charge in [0.1, 0.15) is 12.0 Å². The third-order valence-electron chi connectivity index (χ3n) is 4.63. The second-order valence-electron chi connectivity index (χ2n) is 7.74. The van der Waals surface area contributed by atoms with Crippen LogP contribution in [0.25, 0.3) is 11.5 Å². The van der Waals surface area contributed by atoms with Crippen LogP contribution in [0, 0.1) is 5.92 Å². The molecule has 8 heteroatoms. The molecule has 0 amide bonds. The van der Waals surface area contributed by atoms with Crippen molar-refractivity contribution in [3.05, 3.63) is 60.0 Å². The van der Waals surface area contributed by atoms with Gasteiger partial charge in [-0.2, -0.15) is 8.78 Å². The van der Waals surface area contributed by atoms with E-state index < -0.39 is 6.61 Å². The fraction of sp³-hybridized carbons (Fsp3) is 0.360. The van der Waals surface area contributed by atoms with Crippen LogP contribution >= 0.6 is 0 Å². The molecule has 0 N–H and O–H groups in total. The Hall–Kier alpha value is -3.42. The summed E-state index contributed by atoms with van der Waals surface area (Å²) < 4.78 is 46.7. The number of rotatable bonds is 12. The SMILES string of the molecule is CCOc1ccccc1C(=O)CCc1coc(-c2ccc(OC(F)F)c(OCC(C)C)c2)n1. The van der Waals surface area contributed by atoms with Gasteiger partial charge in [-0.1, -0.05) is 26.0 Å². The summed E-state index contributed by atoms with van der Waals surface area (Å²) in [5, 5.41) is 0. The number of aromatic nitrogens is 1. The van der Waals surface area contributed by atoms with Gasteiger partial charge in [0, 0.05) is 18.4 Å². The molecule has 33 heavy (non-hydrogen) atoms. The number of halogens is 2. The Kier molecular flexibility index (Phi) is 8.40. The van der Waals surface area contributed by atoms with Gasteiger partial charge in [0.2, 0.25) is 5.89 Å². The number of alkyl halides is 2. The summed E-state index contributed by atoms with van der Waals surface area (Å²) in [7, 11) is 0. The molecule has 0 spiro atoms. The number of ether oxygens (including phenoxy) is 3. The Bertz CT molecular complexity index is 1060. The molecule has 1 heterocycles. The molecule has 3 rings (SSSR count). The Labute approximate surface area is 191 Å². The maximum absolute atomic E-state index is 12.7. The number of hydrogen-bond donors (Lipinski definition) is 0. The van der Waals surface area contributed by atoms with Crippen LogP contribution in [0.1, 0.15) is 43.2 Å². The number of para-hydroxylation sites is 1. The summed E-state index contributed by atoms with van der Waals surface area (Å²) in [6.45, 7) is 3.61. The van der Waals surface area contributed by atoms with Gasteiger partial charge < -0.3 is 18.6 Å². The van der Waals surface area contributed by atoms with Gasteiger partial charge in [-0.05, 0) is 43.2 Å². The Balaban J connectivity index is 1.71. The highest BCUT2D eigenvalue weighted by Crippen LogP contribution is 2.34. The predicted octanol–water partition coefficient (Wildman–Crippen LogP) is 6.19. The number of nitrogens with zero attached hydrogens (tertiary/aromatic N) is 1. The lowest BCUT2D eigenvalue weighted by atomic mass is 10.0. The van der Waals surface area contributed by atoms with E-state index in [9.17, 15) is 13.6 Å². The maximum Gasteiger partial charge on any atom is 0.387 e. The first-order chi connectivity index (χ1) is 15.9. The average molecular weight is 459 g/mol. The zero-order valence-corrected chi connectivity index (χ0v) is 18.8. The van der Waals surface area contributed by atoms with Crippen LogP contribution in [0.5, 0.6) is 17.2 Å². The van der Waals surface area contributed by atoms with Crippen molar-refractivity contribution in [3.63, 3.8) is 0 Å². The van der Waals surface area contributed by atoms with Gasteiger partial charge >= 0.3 is 6.61 Å². The molecule has 6 nitrogen and oxygen atoms in total. The lowest BCUT2D eigenvalue weighted by Gasteiger charge is -2.14. The summed E-state index contributed by atoms with van der Waals surface area (Å²) >= 11 is 0. The molecule has 1 aromatic heterocycles. The van der Waals surface area contributed by atoms with E-state index >= 15 is 0 Å². The van der Waals surface area contributed by atoms with Gasteiger partial charge in [-0.3, -0.25) is 4.79 Å². The fourth-order valence-electron chi connectivity index (χ4n) is 3.11. The molecule has 0 aliphatic heterocycles. The summed E-state index contributed by atoms with van der Waals surface area (Å²) in [6.07, 6.45) is 2.10. The molecular formula is C25H27F2NO5. The van der Waals surface area contributed by atoms with E-state index in [1.54, 1.807) is 30.3 Å². The second kappa shape index (κ2) is 11.4. The molecule has 3 aromatic rings. The van der Waals surface area contributed by atoms with Gasteiger partial charge in [0.25, 0.3) is 0 Å². The van der Waals surface area contributed by atoms with E-state index in [0.717, 1.165) is 0 Å². The smallest absolute Gasteiger partial charge is 0.387 e. The zero-order chi connectivity index (χ0) is 23.8. The number of benzene rings is 2. The van der Waals surface area contributed by atoms with Crippen molar-refractivity contribution in [2.75, 3.05) is 13.2 Å². The molecule has 0 bridgehead atoms. The van der Waals surface area contributed by atoms with E-state index in [1.807, 2.05) is 26.8 Å². The van der Waals surface area contributed by atoms with Crippen LogP contribution < -0.4 is 14.2 Å². The van der Waals surface area contributed by atoms with Gasteiger partial charge in [0.15, 0.2) is 17.3 Å². The van der Waals surface area contributed by atoms with E-state index in [1.165, 1.54) is 12.3 Å². The highest BCUT2D eigenvalue weighted by molar-refractivity contribution is 5.98. The lowest BCUT2D eigenvalue weighted by Crippen LogP contribution is -2.08. The zero-order valence-electron chi connectivity index (χ0n) is 18.8. The summed E-state index contributed by atoms with van der Waals surface area (Å²) in [5.74, 6) is 1.13. The van der Waals surface area contributed by atoms with Crippen molar-refractivity contribution in [1.29, 1.82) is 0 Å². The Morgan fingerprint density at radius 1 is 1.06 bits per heavy atom. The normalized spacial score (nSPS) is 11.1. The van der Waals surface area contributed by atoms with E-state index in [0.29, 0.717) is 48.1 Å². The summed E-state index contributed by atoms with van der Waals surface area (Å²) in [5.41, 5.74) is 1.68. The van der Waals surface area contributed by atoms with Gasteiger partial charge in [-0.15, -0.1) is 0 Å². The second-order valence-corrected chi connectivity index (χ2v) is 7.74. The molecule has 0 aliphatic carbocycles. The minimum atomic E-state index is -2.96. The maximum atomic E-state index is 12.7. The first kappa shape index (κ1) is 24.2. The minimum Gasteiger partial charge on any atom is -0.493 e. The largest absolute Gasteiger partial charge is 0.493 e.